The summed E-state index contributed by atoms with van der Waals surface area (Å²) in [4.78, 5) is 55.0. The van der Waals surface area contributed by atoms with Crippen LogP contribution in [0.3, 0.4) is 0 Å². The second-order valence-corrected chi connectivity index (χ2v) is 9.56. The normalized spacial score (nSPS) is 14.5. The summed E-state index contributed by atoms with van der Waals surface area (Å²) in [5.74, 6) is -0.480. The van der Waals surface area contributed by atoms with E-state index in [1.54, 1.807) is 20.9 Å². The average Bonchev–Trinajstić information content (AvgIpc) is 3.45. The molecule has 0 aliphatic carbocycles. The molecule has 1 heterocycles. The molecule has 5 N–H and O–H groups in total. The molecular formula is C31H57N5O5. The van der Waals surface area contributed by atoms with E-state index < -0.39 is 18.0 Å². The highest BCUT2D eigenvalue weighted by molar-refractivity contribution is 5.92. The number of nitrogens with zero attached hydrogens (tertiary/aromatic N) is 1. The first-order valence-electron chi connectivity index (χ1n) is 14.6. The van der Waals surface area contributed by atoms with Crippen molar-refractivity contribution in [2.24, 2.45) is 11.7 Å². The van der Waals surface area contributed by atoms with Gasteiger partial charge in [0.15, 0.2) is 0 Å². The maximum absolute atomic E-state index is 12.2. The number of primary amides is 1. The van der Waals surface area contributed by atoms with E-state index in [1.165, 1.54) is 35.9 Å². The fourth-order valence-electron chi connectivity index (χ4n) is 3.43. The van der Waals surface area contributed by atoms with Gasteiger partial charge >= 0.3 is 0 Å². The van der Waals surface area contributed by atoms with Gasteiger partial charge in [-0.1, -0.05) is 53.2 Å². The summed E-state index contributed by atoms with van der Waals surface area (Å²) in [7, 11) is 3.61. The summed E-state index contributed by atoms with van der Waals surface area (Å²) in [6.07, 6.45) is 6.15. The third kappa shape index (κ3) is 20.3. The molecule has 1 aliphatic rings. The van der Waals surface area contributed by atoms with Crippen LogP contribution in [0.15, 0.2) is 24.3 Å². The third-order valence-corrected chi connectivity index (χ3v) is 5.77. The van der Waals surface area contributed by atoms with Crippen LogP contribution in [0.4, 0.5) is 5.69 Å². The first kappa shape index (κ1) is 42.2. The van der Waals surface area contributed by atoms with Crippen molar-refractivity contribution in [3.05, 3.63) is 29.8 Å². The Bertz CT molecular complexity index is 846. The predicted molar refractivity (Wildman–Crippen MR) is 169 cm³/mol. The molecule has 10 nitrogen and oxygen atoms in total. The molecule has 0 bridgehead atoms. The zero-order valence-electron chi connectivity index (χ0n) is 27.1. The summed E-state index contributed by atoms with van der Waals surface area (Å²) in [6, 6.07) is 7.00. The van der Waals surface area contributed by atoms with Crippen LogP contribution in [0.25, 0.3) is 0 Å². The Kier molecular flexibility index (Phi) is 27.7. The Morgan fingerprint density at radius 1 is 1.02 bits per heavy atom. The highest BCUT2D eigenvalue weighted by Crippen LogP contribution is 2.18. The number of hydrogen-bond donors (Lipinski definition) is 4. The SMILES string of the molecule is CC.CC(C)CC=O.CC=O.CCCc1ccc(NC)cc1.CNC(C)C(=O)NC(C)C(=O)N1CCCC1C(N)=O. The standard InChI is InChI=1S/C12H22N4O3.C10H15N.C5H10O.C2H4O.C2H6/c1-7(14-3)11(18)15-8(2)12(19)16-6-4-5-9(16)10(13)17;1-3-4-9-5-7-10(11-2)8-6-9;1-5(2)3-4-6;1-2-3;1-2/h7-9,14H,4-6H2,1-3H3,(H2,13,17)(H,15,18);5-8,11H,3-4H2,1-2H3;4-5H,3H2,1-2H3;2H,1H3;1-2H3. The lowest BCUT2D eigenvalue weighted by Crippen LogP contribution is -2.54. The van der Waals surface area contributed by atoms with Crippen LogP contribution < -0.4 is 21.7 Å². The Morgan fingerprint density at radius 2 is 1.56 bits per heavy atom. The molecule has 3 atom stereocenters. The van der Waals surface area contributed by atoms with E-state index in [1.807, 2.05) is 34.7 Å². The molecule has 1 aliphatic heterocycles. The Balaban J connectivity index is -0.000000552. The molecule has 0 spiro atoms. The first-order valence-corrected chi connectivity index (χ1v) is 14.6. The van der Waals surface area contributed by atoms with E-state index in [0.717, 1.165) is 19.0 Å². The summed E-state index contributed by atoms with van der Waals surface area (Å²) in [6.45, 7) is 15.5. The minimum atomic E-state index is -0.664. The zero-order valence-corrected chi connectivity index (χ0v) is 27.1. The van der Waals surface area contributed by atoms with Gasteiger partial charge in [0.2, 0.25) is 17.7 Å². The molecule has 236 valence electrons. The molecule has 0 aromatic heterocycles. The van der Waals surface area contributed by atoms with Gasteiger partial charge in [-0.15, -0.1) is 0 Å². The van der Waals surface area contributed by atoms with Crippen LogP contribution in [0, 0.1) is 5.92 Å². The Labute approximate surface area is 248 Å². The highest BCUT2D eigenvalue weighted by Gasteiger charge is 2.35. The van der Waals surface area contributed by atoms with E-state index in [-0.39, 0.29) is 17.9 Å². The van der Waals surface area contributed by atoms with Crippen molar-refractivity contribution < 1.29 is 24.0 Å². The van der Waals surface area contributed by atoms with Gasteiger partial charge in [0.05, 0.1) is 6.04 Å². The van der Waals surface area contributed by atoms with Crippen molar-refractivity contribution >= 4 is 36.0 Å². The molecule has 3 unspecified atom stereocenters. The number of likely N-dealkylation sites (tertiary alicyclic amines) is 1. The number of carbonyl (C=O) groups is 5. The number of anilines is 1. The molecule has 1 aromatic carbocycles. The van der Waals surface area contributed by atoms with Crippen molar-refractivity contribution in [2.75, 3.05) is 26.0 Å². The molecule has 1 aromatic rings. The topological polar surface area (TPSA) is 151 Å². The highest BCUT2D eigenvalue weighted by atomic mass is 16.2. The van der Waals surface area contributed by atoms with Crippen LogP contribution in [0.5, 0.6) is 0 Å². The minimum Gasteiger partial charge on any atom is -0.388 e. The van der Waals surface area contributed by atoms with Crippen LogP contribution in [0.1, 0.15) is 86.6 Å². The van der Waals surface area contributed by atoms with Crippen LogP contribution in [-0.4, -0.2) is 74.0 Å². The van der Waals surface area contributed by atoms with Gasteiger partial charge in [-0.3, -0.25) is 14.4 Å². The summed E-state index contributed by atoms with van der Waals surface area (Å²) < 4.78 is 0. The number of amides is 3. The maximum Gasteiger partial charge on any atom is 0.245 e. The lowest BCUT2D eigenvalue weighted by atomic mass is 10.1. The fourth-order valence-corrected chi connectivity index (χ4v) is 3.43. The summed E-state index contributed by atoms with van der Waals surface area (Å²) in [5.41, 5.74) is 7.87. The average molecular weight is 580 g/mol. The van der Waals surface area contributed by atoms with E-state index in [9.17, 15) is 19.2 Å². The number of carbonyl (C=O) groups excluding carboxylic acids is 5. The predicted octanol–water partition coefficient (Wildman–Crippen LogP) is 3.72. The van der Waals surface area contributed by atoms with Crippen molar-refractivity contribution in [2.45, 2.75) is 106 Å². The molecular weight excluding hydrogens is 522 g/mol. The van der Waals surface area contributed by atoms with Crippen molar-refractivity contribution in [1.82, 2.24) is 15.5 Å². The molecule has 1 saturated heterocycles. The number of aryl methyl sites for hydroxylation is 1. The van der Waals surface area contributed by atoms with Crippen LogP contribution in [-0.2, 0) is 30.4 Å². The fraction of sp³-hybridized carbons (Fsp3) is 0.645. The molecule has 1 fully saturated rings. The summed E-state index contributed by atoms with van der Waals surface area (Å²) in [5, 5.41) is 8.51. The van der Waals surface area contributed by atoms with Gasteiger partial charge in [-0.05, 0) is 70.7 Å². The lowest BCUT2D eigenvalue weighted by molar-refractivity contribution is -0.140. The molecule has 10 heteroatoms. The number of aldehydes is 2. The first-order chi connectivity index (χ1) is 19.4. The van der Waals surface area contributed by atoms with Gasteiger partial charge in [-0.25, -0.2) is 0 Å². The minimum absolute atomic E-state index is 0.252. The summed E-state index contributed by atoms with van der Waals surface area (Å²) >= 11 is 0. The van der Waals surface area contributed by atoms with E-state index in [4.69, 9.17) is 10.5 Å². The lowest BCUT2D eigenvalue weighted by Gasteiger charge is -2.26. The van der Waals surface area contributed by atoms with Crippen molar-refractivity contribution in [3.63, 3.8) is 0 Å². The maximum atomic E-state index is 12.2. The number of hydrogen-bond acceptors (Lipinski definition) is 7. The molecule has 0 radical (unpaired) electrons. The van der Waals surface area contributed by atoms with Gasteiger partial charge in [-0.2, -0.15) is 0 Å². The van der Waals surface area contributed by atoms with E-state index in [0.29, 0.717) is 25.3 Å². The van der Waals surface area contributed by atoms with E-state index >= 15 is 0 Å². The van der Waals surface area contributed by atoms with Gasteiger partial charge in [0.25, 0.3) is 0 Å². The number of nitrogens with two attached hydrogens (primary N) is 1. The van der Waals surface area contributed by atoms with Crippen molar-refractivity contribution in [3.8, 4) is 0 Å². The molecule has 41 heavy (non-hydrogen) atoms. The second kappa shape index (κ2) is 26.9. The van der Waals surface area contributed by atoms with Gasteiger partial charge in [0, 0.05) is 25.7 Å². The second-order valence-electron chi connectivity index (χ2n) is 9.56. The third-order valence-electron chi connectivity index (χ3n) is 5.77. The number of likely N-dealkylation sites (N-methyl/N-ethyl adjacent to an activating group) is 1. The molecule has 0 saturated carbocycles. The number of nitrogens with one attached hydrogen (secondary N) is 3. The zero-order chi connectivity index (χ0) is 32.4. The quantitative estimate of drug-likeness (QED) is 0.309. The van der Waals surface area contributed by atoms with Crippen LogP contribution >= 0.6 is 0 Å². The number of benzene rings is 1. The number of rotatable bonds is 10. The van der Waals surface area contributed by atoms with Crippen LogP contribution in [0.2, 0.25) is 0 Å². The monoisotopic (exact) mass is 579 g/mol. The van der Waals surface area contributed by atoms with Gasteiger partial charge in [0.1, 0.15) is 24.7 Å². The van der Waals surface area contributed by atoms with Crippen molar-refractivity contribution in [1.29, 1.82) is 0 Å². The largest absolute Gasteiger partial charge is 0.388 e. The molecule has 2 rings (SSSR count). The Morgan fingerprint density at radius 3 is 1.93 bits per heavy atom. The van der Waals surface area contributed by atoms with E-state index in [2.05, 4.69) is 47.1 Å². The smallest absolute Gasteiger partial charge is 0.245 e. The Hall–Kier alpha value is -3.27. The molecule has 3 amide bonds. The van der Waals surface area contributed by atoms with Gasteiger partial charge < -0.3 is 36.2 Å².